The van der Waals surface area contributed by atoms with Crippen molar-refractivity contribution in [3.05, 3.63) is 67.7 Å². The molecule has 0 N–H and O–H groups in total. The number of fused-ring (bicyclic) bond motifs is 4. The number of non-ortho nitro benzene ring substituents is 1. The standard InChI is InChI=1S/C18H16N6O4S/c1-28-18(25)13-8-15-12(6-7-29-15)14-9-22-17(19-20-21-22)16(23(13)14)10-2-4-11(5-3-10)24(26)27/h2-7,13-14,16H,8-9H2,1H3. The van der Waals surface area contributed by atoms with E-state index in [0.717, 1.165) is 16.0 Å². The minimum atomic E-state index is -0.498. The van der Waals surface area contributed by atoms with Crippen LogP contribution in [-0.4, -0.2) is 49.2 Å². The van der Waals surface area contributed by atoms with E-state index >= 15 is 0 Å². The van der Waals surface area contributed by atoms with E-state index in [0.29, 0.717) is 18.8 Å². The number of ether oxygens (including phenoxy) is 1. The fraction of sp³-hybridized carbons (Fsp3) is 0.333. The zero-order chi connectivity index (χ0) is 20.1. The molecule has 3 unspecified atom stereocenters. The maximum Gasteiger partial charge on any atom is 0.323 e. The quantitative estimate of drug-likeness (QED) is 0.364. The average Bonchev–Trinajstić information content (AvgIpc) is 3.40. The Morgan fingerprint density at radius 2 is 2.10 bits per heavy atom. The normalized spacial score (nSPS) is 23.0. The van der Waals surface area contributed by atoms with Crippen molar-refractivity contribution in [3.63, 3.8) is 0 Å². The molecule has 4 heterocycles. The van der Waals surface area contributed by atoms with Crippen LogP contribution in [0.2, 0.25) is 0 Å². The van der Waals surface area contributed by atoms with Crippen molar-refractivity contribution in [1.29, 1.82) is 0 Å². The molecule has 0 radical (unpaired) electrons. The molecule has 29 heavy (non-hydrogen) atoms. The van der Waals surface area contributed by atoms with Crippen molar-refractivity contribution in [1.82, 2.24) is 25.1 Å². The largest absolute Gasteiger partial charge is 0.468 e. The molecule has 0 saturated carbocycles. The number of nitrogens with zero attached hydrogens (tertiary/aromatic N) is 6. The molecule has 0 saturated heterocycles. The Balaban J connectivity index is 1.67. The van der Waals surface area contributed by atoms with Crippen molar-refractivity contribution >= 4 is 23.0 Å². The summed E-state index contributed by atoms with van der Waals surface area (Å²) in [4.78, 5) is 26.6. The van der Waals surface area contributed by atoms with Crippen LogP contribution in [0, 0.1) is 10.1 Å². The lowest BCUT2D eigenvalue weighted by molar-refractivity contribution is -0.384. The van der Waals surface area contributed by atoms with E-state index in [2.05, 4.69) is 26.5 Å². The third-order valence-corrected chi connectivity index (χ3v) is 6.54. The SMILES string of the molecule is COC(=O)C1Cc2sccc2C2Cn3nnnc3C(c3ccc([N+](=O)[O-])cc3)N12. The van der Waals surface area contributed by atoms with Gasteiger partial charge in [0.1, 0.15) is 6.04 Å². The lowest BCUT2D eigenvalue weighted by Gasteiger charge is -2.47. The molecule has 2 aromatic heterocycles. The Labute approximate surface area is 168 Å². The highest BCUT2D eigenvalue weighted by atomic mass is 32.1. The third-order valence-electron chi connectivity index (χ3n) is 5.58. The van der Waals surface area contributed by atoms with Gasteiger partial charge in [-0.15, -0.1) is 16.4 Å². The smallest absolute Gasteiger partial charge is 0.323 e. The van der Waals surface area contributed by atoms with Crippen LogP contribution in [-0.2, 0) is 22.5 Å². The number of benzene rings is 1. The fourth-order valence-corrected chi connectivity index (χ4v) is 5.27. The molecule has 148 valence electrons. The molecule has 2 aliphatic rings. The molecule has 10 nitrogen and oxygen atoms in total. The number of aromatic nitrogens is 4. The van der Waals surface area contributed by atoms with E-state index in [4.69, 9.17) is 4.74 Å². The number of hydrogen-bond acceptors (Lipinski definition) is 9. The van der Waals surface area contributed by atoms with Gasteiger partial charge in [-0.3, -0.25) is 19.8 Å². The average molecular weight is 412 g/mol. The van der Waals surface area contributed by atoms with Gasteiger partial charge >= 0.3 is 5.97 Å². The second-order valence-electron chi connectivity index (χ2n) is 6.98. The van der Waals surface area contributed by atoms with E-state index in [9.17, 15) is 14.9 Å². The van der Waals surface area contributed by atoms with Gasteiger partial charge in [0.15, 0.2) is 5.82 Å². The van der Waals surface area contributed by atoms with Crippen LogP contribution >= 0.6 is 11.3 Å². The van der Waals surface area contributed by atoms with Crippen LogP contribution in [0.25, 0.3) is 0 Å². The number of thiophene rings is 1. The van der Waals surface area contributed by atoms with E-state index in [1.165, 1.54) is 19.2 Å². The summed E-state index contributed by atoms with van der Waals surface area (Å²) in [5.41, 5.74) is 1.94. The van der Waals surface area contributed by atoms with Gasteiger partial charge in [-0.2, -0.15) is 0 Å². The summed E-state index contributed by atoms with van der Waals surface area (Å²) in [7, 11) is 1.39. The van der Waals surface area contributed by atoms with Crippen molar-refractivity contribution < 1.29 is 14.5 Å². The number of rotatable bonds is 3. The number of carbonyl (C=O) groups excluding carboxylic acids is 1. The number of esters is 1. The van der Waals surface area contributed by atoms with Crippen molar-refractivity contribution in [3.8, 4) is 0 Å². The van der Waals surface area contributed by atoms with Crippen molar-refractivity contribution in [2.75, 3.05) is 7.11 Å². The third kappa shape index (κ3) is 2.73. The molecule has 0 spiro atoms. The summed E-state index contributed by atoms with van der Waals surface area (Å²) in [6.45, 7) is 0.517. The molecule has 2 aliphatic heterocycles. The Morgan fingerprint density at radius 1 is 1.31 bits per heavy atom. The topological polar surface area (TPSA) is 116 Å². The fourth-order valence-electron chi connectivity index (χ4n) is 4.30. The summed E-state index contributed by atoms with van der Waals surface area (Å²) < 4.78 is 6.86. The van der Waals surface area contributed by atoms with E-state index in [1.807, 2.05) is 5.38 Å². The summed E-state index contributed by atoms with van der Waals surface area (Å²) in [6, 6.07) is 7.35. The molecular weight excluding hydrogens is 396 g/mol. The predicted molar refractivity (Wildman–Crippen MR) is 101 cm³/mol. The summed E-state index contributed by atoms with van der Waals surface area (Å²) in [5, 5.41) is 25.2. The minimum Gasteiger partial charge on any atom is -0.468 e. The summed E-state index contributed by atoms with van der Waals surface area (Å²) >= 11 is 1.63. The maximum atomic E-state index is 12.7. The Kier molecular flexibility index (Phi) is 4.14. The Hall–Kier alpha value is -3.18. The summed E-state index contributed by atoms with van der Waals surface area (Å²) in [6.07, 6.45) is 0.543. The van der Waals surface area contributed by atoms with Crippen LogP contribution in [0.4, 0.5) is 5.69 Å². The van der Waals surface area contributed by atoms with E-state index < -0.39 is 17.0 Å². The minimum absolute atomic E-state index is 0.00369. The number of hydrogen-bond donors (Lipinski definition) is 0. The predicted octanol–water partition coefficient (Wildman–Crippen LogP) is 1.89. The lowest BCUT2D eigenvalue weighted by Crippen LogP contribution is -2.54. The van der Waals surface area contributed by atoms with Gasteiger partial charge in [0.05, 0.1) is 30.7 Å². The van der Waals surface area contributed by atoms with E-state index in [-0.39, 0.29) is 17.7 Å². The van der Waals surface area contributed by atoms with Gasteiger partial charge in [0.2, 0.25) is 0 Å². The zero-order valence-corrected chi connectivity index (χ0v) is 16.2. The van der Waals surface area contributed by atoms with E-state index in [1.54, 1.807) is 28.2 Å². The highest BCUT2D eigenvalue weighted by molar-refractivity contribution is 7.10. The molecule has 11 heteroatoms. The summed E-state index contributed by atoms with van der Waals surface area (Å²) in [5.74, 6) is 0.282. The van der Waals surface area contributed by atoms with Gasteiger partial charge in [-0.25, -0.2) is 4.68 Å². The van der Waals surface area contributed by atoms with Crippen LogP contribution < -0.4 is 0 Å². The first-order chi connectivity index (χ1) is 14.1. The van der Waals surface area contributed by atoms with Gasteiger partial charge in [0.25, 0.3) is 5.69 Å². The molecule has 1 aromatic carbocycles. The molecular formula is C18H16N6O4S. The monoisotopic (exact) mass is 412 g/mol. The van der Waals surface area contributed by atoms with Crippen molar-refractivity contribution in [2.45, 2.75) is 31.1 Å². The Morgan fingerprint density at radius 3 is 2.83 bits per heavy atom. The number of nitro groups is 1. The first-order valence-electron chi connectivity index (χ1n) is 9.00. The number of carbonyl (C=O) groups is 1. The van der Waals surface area contributed by atoms with Crippen molar-refractivity contribution in [2.24, 2.45) is 0 Å². The van der Waals surface area contributed by atoms with Gasteiger partial charge < -0.3 is 4.74 Å². The highest BCUT2D eigenvalue weighted by Gasteiger charge is 2.48. The Bertz CT molecular complexity index is 1090. The van der Waals surface area contributed by atoms with Crippen LogP contribution in [0.5, 0.6) is 0 Å². The van der Waals surface area contributed by atoms with Crippen LogP contribution in [0.3, 0.4) is 0 Å². The molecule has 3 atom stereocenters. The second kappa shape index (κ2) is 6.71. The molecule has 0 fully saturated rings. The van der Waals surface area contributed by atoms with Gasteiger partial charge in [-0.05, 0) is 33.0 Å². The second-order valence-corrected chi connectivity index (χ2v) is 7.98. The maximum absolute atomic E-state index is 12.7. The molecule has 0 amide bonds. The van der Waals surface area contributed by atoms with Crippen LogP contribution in [0.15, 0.2) is 35.7 Å². The highest BCUT2D eigenvalue weighted by Crippen LogP contribution is 2.46. The lowest BCUT2D eigenvalue weighted by atomic mass is 9.88. The number of methoxy groups -OCH3 is 1. The molecule has 0 aliphatic carbocycles. The van der Waals surface area contributed by atoms with Gasteiger partial charge in [-0.1, -0.05) is 12.1 Å². The molecule has 5 rings (SSSR count). The first kappa shape index (κ1) is 17.9. The van der Waals surface area contributed by atoms with Crippen LogP contribution in [0.1, 0.15) is 33.9 Å². The number of nitro benzene ring substituents is 1. The van der Waals surface area contributed by atoms with Gasteiger partial charge in [0, 0.05) is 23.4 Å². The molecule has 3 aromatic rings. The first-order valence-corrected chi connectivity index (χ1v) is 9.88. The molecule has 0 bridgehead atoms. The number of tetrazole rings is 1. The zero-order valence-electron chi connectivity index (χ0n) is 15.3.